The quantitative estimate of drug-likeness (QED) is 0.471. The fourth-order valence-electron chi connectivity index (χ4n) is 3.03. The number of nitrogens with zero attached hydrogens (tertiary/aromatic N) is 1. The molecule has 0 aliphatic carbocycles. The molecule has 21 heavy (non-hydrogen) atoms. The van der Waals surface area contributed by atoms with E-state index in [4.69, 9.17) is 9.84 Å². The Morgan fingerprint density at radius 1 is 1.38 bits per heavy atom. The summed E-state index contributed by atoms with van der Waals surface area (Å²) in [4.78, 5) is 2.25. The molecular formula is C14H25FN2O4. The van der Waals surface area contributed by atoms with Crippen molar-refractivity contribution in [2.24, 2.45) is 0 Å². The minimum atomic E-state index is -1.72. The molecule has 2 fully saturated rings. The van der Waals surface area contributed by atoms with Crippen molar-refractivity contribution >= 4 is 0 Å². The van der Waals surface area contributed by atoms with Gasteiger partial charge in [-0.25, -0.2) is 4.39 Å². The maximum atomic E-state index is 14.0. The molecule has 0 aromatic heterocycles. The standard InChI is InChI=1S/C14H25FN2O4/c1-2-5-17-6-3-4-9(17)7-16-14-11(15)13(20)12(19)10(8-18)21-14/h2,9-14,16,18-20H,1,3-8H2. The minimum Gasteiger partial charge on any atom is -0.394 e. The van der Waals surface area contributed by atoms with Crippen LogP contribution in [0.25, 0.3) is 0 Å². The Bertz CT molecular complexity index is 345. The predicted octanol–water partition coefficient (Wildman–Crippen LogP) is -0.996. The van der Waals surface area contributed by atoms with E-state index in [-0.39, 0.29) is 6.04 Å². The highest BCUT2D eigenvalue weighted by Gasteiger charge is 2.44. The second-order valence-electron chi connectivity index (χ2n) is 5.69. The normalized spacial score (nSPS) is 41.3. The lowest BCUT2D eigenvalue weighted by Crippen LogP contribution is -2.61. The predicted molar refractivity (Wildman–Crippen MR) is 75.5 cm³/mol. The van der Waals surface area contributed by atoms with Crippen molar-refractivity contribution in [3.63, 3.8) is 0 Å². The van der Waals surface area contributed by atoms with Gasteiger partial charge in [-0.05, 0) is 19.4 Å². The number of likely N-dealkylation sites (tertiary alicyclic amines) is 1. The van der Waals surface area contributed by atoms with Gasteiger partial charge in [0.2, 0.25) is 0 Å². The first-order valence-electron chi connectivity index (χ1n) is 7.43. The van der Waals surface area contributed by atoms with Gasteiger partial charge in [-0.15, -0.1) is 6.58 Å². The van der Waals surface area contributed by atoms with E-state index in [1.165, 1.54) is 0 Å². The molecule has 6 unspecified atom stereocenters. The van der Waals surface area contributed by atoms with Crippen LogP contribution in [0, 0.1) is 0 Å². The van der Waals surface area contributed by atoms with Crippen LogP contribution in [-0.2, 0) is 4.74 Å². The van der Waals surface area contributed by atoms with Gasteiger partial charge >= 0.3 is 0 Å². The lowest BCUT2D eigenvalue weighted by Gasteiger charge is -2.39. The number of aliphatic hydroxyl groups excluding tert-OH is 3. The summed E-state index contributed by atoms with van der Waals surface area (Å²) in [6, 6.07) is 0.273. The van der Waals surface area contributed by atoms with Gasteiger partial charge in [-0.1, -0.05) is 6.08 Å². The van der Waals surface area contributed by atoms with Crippen LogP contribution in [-0.4, -0.2) is 83.2 Å². The molecule has 0 radical (unpaired) electrons. The average molecular weight is 304 g/mol. The highest BCUT2D eigenvalue weighted by Crippen LogP contribution is 2.23. The summed E-state index contributed by atoms with van der Waals surface area (Å²) in [5.41, 5.74) is 0. The van der Waals surface area contributed by atoms with Crippen LogP contribution in [0.1, 0.15) is 12.8 Å². The summed E-state index contributed by atoms with van der Waals surface area (Å²) in [5, 5.41) is 31.3. The first-order valence-corrected chi connectivity index (χ1v) is 7.43. The third-order valence-electron chi connectivity index (χ3n) is 4.26. The molecule has 0 aromatic carbocycles. The molecule has 2 heterocycles. The van der Waals surface area contributed by atoms with Crippen molar-refractivity contribution in [3.05, 3.63) is 12.7 Å². The summed E-state index contributed by atoms with van der Waals surface area (Å²) >= 11 is 0. The van der Waals surface area contributed by atoms with E-state index >= 15 is 0 Å². The highest BCUT2D eigenvalue weighted by molar-refractivity contribution is 4.93. The average Bonchev–Trinajstić information content (AvgIpc) is 2.92. The van der Waals surface area contributed by atoms with E-state index in [0.29, 0.717) is 6.54 Å². The molecule has 2 aliphatic heterocycles. The molecular weight excluding hydrogens is 279 g/mol. The van der Waals surface area contributed by atoms with Crippen LogP contribution in [0.5, 0.6) is 0 Å². The van der Waals surface area contributed by atoms with Crippen LogP contribution in [0.3, 0.4) is 0 Å². The highest BCUT2D eigenvalue weighted by atomic mass is 19.1. The Morgan fingerprint density at radius 3 is 2.81 bits per heavy atom. The maximum absolute atomic E-state index is 14.0. The summed E-state index contributed by atoms with van der Waals surface area (Å²) in [6.07, 6.45) is -2.74. The Kier molecular flexibility index (Phi) is 6.09. The summed E-state index contributed by atoms with van der Waals surface area (Å²) in [5.74, 6) is 0. The van der Waals surface area contributed by atoms with Gasteiger partial charge in [0.25, 0.3) is 0 Å². The van der Waals surface area contributed by atoms with Gasteiger partial charge in [-0.3, -0.25) is 10.2 Å². The molecule has 6 nitrogen and oxygen atoms in total. The van der Waals surface area contributed by atoms with E-state index in [1.807, 2.05) is 6.08 Å². The second kappa shape index (κ2) is 7.62. The SMILES string of the molecule is C=CCN1CCCC1CNC1OC(CO)C(O)C(O)C1F. The largest absolute Gasteiger partial charge is 0.394 e. The number of ether oxygens (including phenoxy) is 1. The molecule has 7 heteroatoms. The minimum absolute atomic E-state index is 0.273. The Balaban J connectivity index is 1.88. The fraction of sp³-hybridized carbons (Fsp3) is 0.857. The van der Waals surface area contributed by atoms with Gasteiger partial charge in [0.05, 0.1) is 6.61 Å². The number of rotatable bonds is 6. The van der Waals surface area contributed by atoms with Crippen molar-refractivity contribution in [1.82, 2.24) is 10.2 Å². The van der Waals surface area contributed by atoms with E-state index in [2.05, 4.69) is 16.8 Å². The zero-order valence-electron chi connectivity index (χ0n) is 12.1. The van der Waals surface area contributed by atoms with E-state index in [0.717, 1.165) is 25.9 Å². The number of aliphatic hydroxyl groups is 3. The maximum Gasteiger partial charge on any atom is 0.168 e. The third kappa shape index (κ3) is 3.80. The van der Waals surface area contributed by atoms with Gasteiger partial charge in [-0.2, -0.15) is 0 Å². The van der Waals surface area contributed by atoms with Crippen LogP contribution in [0.15, 0.2) is 12.7 Å². The molecule has 2 aliphatic rings. The fourth-order valence-corrected chi connectivity index (χ4v) is 3.03. The van der Waals surface area contributed by atoms with Crippen LogP contribution >= 0.6 is 0 Å². The van der Waals surface area contributed by atoms with Gasteiger partial charge in [0.1, 0.15) is 24.5 Å². The molecule has 0 spiro atoms. The molecule has 0 saturated carbocycles. The lowest BCUT2D eigenvalue weighted by atomic mass is 9.99. The van der Waals surface area contributed by atoms with Crippen molar-refractivity contribution in [2.45, 2.75) is 49.6 Å². The summed E-state index contributed by atoms with van der Waals surface area (Å²) in [6.45, 7) is 5.57. The number of alkyl halides is 1. The lowest BCUT2D eigenvalue weighted by molar-refractivity contribution is -0.219. The Morgan fingerprint density at radius 2 is 2.14 bits per heavy atom. The Labute approximate surface area is 124 Å². The van der Waals surface area contributed by atoms with Crippen LogP contribution in [0.4, 0.5) is 4.39 Å². The number of hydrogen-bond donors (Lipinski definition) is 4. The first kappa shape index (κ1) is 16.8. The topological polar surface area (TPSA) is 85.2 Å². The van der Waals surface area contributed by atoms with Crippen LogP contribution in [0.2, 0.25) is 0 Å². The molecule has 4 N–H and O–H groups in total. The molecule has 6 atom stereocenters. The monoisotopic (exact) mass is 304 g/mol. The van der Waals surface area contributed by atoms with Crippen molar-refractivity contribution in [2.75, 3.05) is 26.2 Å². The number of halogens is 1. The van der Waals surface area contributed by atoms with Gasteiger partial charge < -0.3 is 20.1 Å². The van der Waals surface area contributed by atoms with E-state index in [1.54, 1.807) is 0 Å². The summed E-state index contributed by atoms with van der Waals surface area (Å²) in [7, 11) is 0. The summed E-state index contributed by atoms with van der Waals surface area (Å²) < 4.78 is 19.3. The molecule has 0 aromatic rings. The smallest absolute Gasteiger partial charge is 0.168 e. The Hall–Kier alpha value is -0.570. The molecule has 2 saturated heterocycles. The van der Waals surface area contributed by atoms with Crippen molar-refractivity contribution in [3.8, 4) is 0 Å². The number of hydrogen-bond acceptors (Lipinski definition) is 6. The first-order chi connectivity index (χ1) is 10.1. The van der Waals surface area contributed by atoms with Crippen molar-refractivity contribution in [1.29, 1.82) is 0 Å². The molecule has 0 bridgehead atoms. The second-order valence-corrected chi connectivity index (χ2v) is 5.69. The third-order valence-corrected chi connectivity index (χ3v) is 4.26. The van der Waals surface area contributed by atoms with Gasteiger partial charge in [0, 0.05) is 19.1 Å². The zero-order chi connectivity index (χ0) is 15.4. The number of nitrogens with one attached hydrogen (secondary N) is 1. The molecule has 122 valence electrons. The van der Waals surface area contributed by atoms with Crippen LogP contribution < -0.4 is 5.32 Å². The zero-order valence-corrected chi connectivity index (χ0v) is 12.1. The van der Waals surface area contributed by atoms with E-state index < -0.39 is 37.3 Å². The van der Waals surface area contributed by atoms with Gasteiger partial charge in [0.15, 0.2) is 6.17 Å². The molecule has 2 rings (SSSR count). The van der Waals surface area contributed by atoms with E-state index in [9.17, 15) is 14.6 Å². The van der Waals surface area contributed by atoms with Crippen molar-refractivity contribution < 1.29 is 24.4 Å². The molecule has 0 amide bonds.